The SMILES string of the molecule is COc1ccc(C(Br)C2CCCCC2(C)C)cc1Br. The van der Waals surface area contributed by atoms with Crippen LogP contribution in [-0.2, 0) is 0 Å². The van der Waals surface area contributed by atoms with Gasteiger partial charge in [0, 0.05) is 4.83 Å². The Hall–Kier alpha value is -0.0200. The maximum atomic E-state index is 5.30. The summed E-state index contributed by atoms with van der Waals surface area (Å²) in [6, 6.07) is 6.40. The molecule has 19 heavy (non-hydrogen) atoms. The van der Waals surface area contributed by atoms with Gasteiger partial charge in [0.25, 0.3) is 0 Å². The molecule has 0 heterocycles. The van der Waals surface area contributed by atoms with E-state index in [1.165, 1.54) is 31.2 Å². The van der Waals surface area contributed by atoms with Crippen molar-refractivity contribution in [2.24, 2.45) is 11.3 Å². The number of rotatable bonds is 3. The molecule has 1 saturated carbocycles. The third-order valence-electron chi connectivity index (χ3n) is 4.44. The lowest BCUT2D eigenvalue weighted by Crippen LogP contribution is -2.30. The van der Waals surface area contributed by atoms with Crippen molar-refractivity contribution in [3.8, 4) is 5.75 Å². The Bertz CT molecular complexity index is 442. The smallest absolute Gasteiger partial charge is 0.133 e. The second kappa shape index (κ2) is 6.17. The van der Waals surface area contributed by atoms with Gasteiger partial charge in [-0.25, -0.2) is 0 Å². The first-order valence-corrected chi connectivity index (χ1v) is 8.64. The van der Waals surface area contributed by atoms with E-state index in [4.69, 9.17) is 4.74 Å². The molecule has 2 rings (SSSR count). The molecule has 0 N–H and O–H groups in total. The van der Waals surface area contributed by atoms with Crippen molar-refractivity contribution in [2.75, 3.05) is 7.11 Å². The number of methoxy groups -OCH3 is 1. The molecule has 1 nitrogen and oxygen atoms in total. The van der Waals surface area contributed by atoms with E-state index in [-0.39, 0.29) is 0 Å². The molecule has 1 aromatic carbocycles. The van der Waals surface area contributed by atoms with Gasteiger partial charge < -0.3 is 4.74 Å². The van der Waals surface area contributed by atoms with Crippen molar-refractivity contribution >= 4 is 31.9 Å². The Labute approximate surface area is 133 Å². The lowest BCUT2D eigenvalue weighted by Gasteiger charge is -2.41. The van der Waals surface area contributed by atoms with Crippen molar-refractivity contribution in [1.29, 1.82) is 0 Å². The summed E-state index contributed by atoms with van der Waals surface area (Å²) in [5.41, 5.74) is 1.76. The van der Waals surface area contributed by atoms with E-state index >= 15 is 0 Å². The van der Waals surface area contributed by atoms with Crippen LogP contribution >= 0.6 is 31.9 Å². The Morgan fingerprint density at radius 3 is 2.63 bits per heavy atom. The van der Waals surface area contributed by atoms with E-state index in [0.717, 1.165) is 10.2 Å². The molecule has 0 aliphatic heterocycles. The predicted octanol–water partition coefficient (Wildman–Crippen LogP) is 6.11. The highest BCUT2D eigenvalue weighted by molar-refractivity contribution is 9.10. The standard InChI is InChI=1S/C16H22Br2O/c1-16(2)9-5-4-6-12(16)15(18)11-7-8-14(19-3)13(17)10-11/h7-8,10,12,15H,4-6,9H2,1-3H3. The average Bonchev–Trinajstić information content (AvgIpc) is 2.37. The van der Waals surface area contributed by atoms with Crippen LogP contribution in [0.4, 0.5) is 0 Å². The molecule has 0 saturated heterocycles. The molecule has 3 heteroatoms. The summed E-state index contributed by atoms with van der Waals surface area (Å²) < 4.78 is 6.34. The lowest BCUT2D eigenvalue weighted by atomic mass is 9.67. The van der Waals surface area contributed by atoms with Crippen molar-refractivity contribution in [3.05, 3.63) is 28.2 Å². The van der Waals surface area contributed by atoms with Crippen LogP contribution in [0.1, 0.15) is 49.9 Å². The zero-order valence-electron chi connectivity index (χ0n) is 11.9. The van der Waals surface area contributed by atoms with Crippen LogP contribution in [0.3, 0.4) is 0 Å². The Morgan fingerprint density at radius 1 is 1.32 bits per heavy atom. The van der Waals surface area contributed by atoms with Crippen LogP contribution in [-0.4, -0.2) is 7.11 Å². The second-order valence-corrected chi connectivity index (χ2v) is 7.98. The highest BCUT2D eigenvalue weighted by Crippen LogP contribution is 2.50. The fourth-order valence-electron chi connectivity index (χ4n) is 3.15. The first kappa shape index (κ1) is 15.4. The molecular formula is C16H22Br2O. The molecule has 0 aromatic heterocycles. The van der Waals surface area contributed by atoms with E-state index in [9.17, 15) is 0 Å². The van der Waals surface area contributed by atoms with Gasteiger partial charge in [-0.3, -0.25) is 0 Å². The number of halogens is 2. The summed E-state index contributed by atoms with van der Waals surface area (Å²) in [7, 11) is 1.70. The predicted molar refractivity (Wildman–Crippen MR) is 88.1 cm³/mol. The Balaban J connectivity index is 2.23. The van der Waals surface area contributed by atoms with Gasteiger partial charge in [-0.1, -0.05) is 48.7 Å². The minimum atomic E-state index is 0.415. The van der Waals surface area contributed by atoms with Gasteiger partial charge in [0.2, 0.25) is 0 Å². The Kier molecular flexibility index (Phi) is 4.99. The topological polar surface area (TPSA) is 9.23 Å². The summed E-state index contributed by atoms with van der Waals surface area (Å²) in [4.78, 5) is 0.421. The van der Waals surface area contributed by atoms with Crippen LogP contribution in [0.2, 0.25) is 0 Å². The van der Waals surface area contributed by atoms with Crippen molar-refractivity contribution < 1.29 is 4.74 Å². The minimum absolute atomic E-state index is 0.415. The average molecular weight is 390 g/mol. The molecular weight excluding hydrogens is 368 g/mol. The third kappa shape index (κ3) is 3.36. The minimum Gasteiger partial charge on any atom is -0.496 e. The first-order chi connectivity index (χ1) is 8.95. The van der Waals surface area contributed by atoms with Gasteiger partial charge in [-0.2, -0.15) is 0 Å². The van der Waals surface area contributed by atoms with Gasteiger partial charge >= 0.3 is 0 Å². The summed E-state index contributed by atoms with van der Waals surface area (Å²) in [5, 5.41) is 0. The highest BCUT2D eigenvalue weighted by Gasteiger charge is 2.37. The van der Waals surface area contributed by atoms with E-state index in [0.29, 0.717) is 16.2 Å². The quantitative estimate of drug-likeness (QED) is 0.566. The Morgan fingerprint density at radius 2 is 2.05 bits per heavy atom. The van der Waals surface area contributed by atoms with E-state index in [2.05, 4.69) is 57.8 Å². The molecule has 0 amide bonds. The molecule has 0 bridgehead atoms. The number of benzene rings is 1. The van der Waals surface area contributed by atoms with Crippen molar-refractivity contribution in [1.82, 2.24) is 0 Å². The maximum absolute atomic E-state index is 5.30. The molecule has 2 unspecified atom stereocenters. The number of hydrogen-bond donors (Lipinski definition) is 0. The third-order valence-corrected chi connectivity index (χ3v) is 6.22. The fourth-order valence-corrected chi connectivity index (χ4v) is 4.97. The maximum Gasteiger partial charge on any atom is 0.133 e. The van der Waals surface area contributed by atoms with E-state index in [1.54, 1.807) is 7.11 Å². The van der Waals surface area contributed by atoms with Gasteiger partial charge in [-0.05, 0) is 57.8 Å². The van der Waals surface area contributed by atoms with Crippen LogP contribution in [0.5, 0.6) is 5.75 Å². The summed E-state index contributed by atoms with van der Waals surface area (Å²) in [5.74, 6) is 1.59. The molecule has 106 valence electrons. The molecule has 1 aliphatic rings. The largest absolute Gasteiger partial charge is 0.496 e. The van der Waals surface area contributed by atoms with Gasteiger partial charge in [0.15, 0.2) is 0 Å². The van der Waals surface area contributed by atoms with Crippen LogP contribution < -0.4 is 4.74 Å². The molecule has 1 aromatic rings. The van der Waals surface area contributed by atoms with Gasteiger partial charge in [0.05, 0.1) is 11.6 Å². The summed E-state index contributed by atoms with van der Waals surface area (Å²) >= 11 is 7.52. The normalized spacial score (nSPS) is 23.9. The number of alkyl halides is 1. The number of ether oxygens (including phenoxy) is 1. The van der Waals surface area contributed by atoms with Crippen LogP contribution in [0.25, 0.3) is 0 Å². The summed E-state index contributed by atoms with van der Waals surface area (Å²) in [6.45, 7) is 4.81. The van der Waals surface area contributed by atoms with Crippen LogP contribution in [0, 0.1) is 11.3 Å². The zero-order valence-corrected chi connectivity index (χ0v) is 15.1. The molecule has 0 radical (unpaired) electrons. The molecule has 1 fully saturated rings. The fraction of sp³-hybridized carbons (Fsp3) is 0.625. The van der Waals surface area contributed by atoms with E-state index < -0.39 is 0 Å². The lowest BCUT2D eigenvalue weighted by molar-refractivity contribution is 0.136. The van der Waals surface area contributed by atoms with Gasteiger partial charge in [-0.15, -0.1) is 0 Å². The molecule has 0 spiro atoms. The second-order valence-electron chi connectivity index (χ2n) is 6.14. The van der Waals surface area contributed by atoms with Crippen LogP contribution in [0.15, 0.2) is 22.7 Å². The zero-order chi connectivity index (χ0) is 14.0. The summed E-state index contributed by atoms with van der Waals surface area (Å²) in [6.07, 6.45) is 5.37. The molecule has 1 aliphatic carbocycles. The number of hydrogen-bond acceptors (Lipinski definition) is 1. The van der Waals surface area contributed by atoms with E-state index in [1.807, 2.05) is 6.07 Å². The molecule has 2 atom stereocenters. The van der Waals surface area contributed by atoms with Crippen molar-refractivity contribution in [3.63, 3.8) is 0 Å². The first-order valence-electron chi connectivity index (χ1n) is 6.93. The monoisotopic (exact) mass is 388 g/mol. The van der Waals surface area contributed by atoms with Gasteiger partial charge in [0.1, 0.15) is 5.75 Å². The highest BCUT2D eigenvalue weighted by atomic mass is 79.9. The van der Waals surface area contributed by atoms with Crippen molar-refractivity contribution in [2.45, 2.75) is 44.4 Å².